The van der Waals surface area contributed by atoms with Crippen molar-refractivity contribution in [1.29, 1.82) is 0 Å². The lowest BCUT2D eigenvalue weighted by Gasteiger charge is -2.44. The topological polar surface area (TPSA) is 645 Å². The Morgan fingerprint density at radius 1 is 0.358 bits per heavy atom. The van der Waals surface area contributed by atoms with Crippen LogP contribution in [0.2, 0.25) is 0 Å². The Morgan fingerprint density at radius 3 is 0.905 bits per heavy atom. The third kappa shape index (κ3) is 52.3. The van der Waals surface area contributed by atoms with Crippen molar-refractivity contribution in [1.82, 2.24) is 57.8 Å². The fourth-order valence-corrected chi connectivity index (χ4v) is 18.0. The number of carbonyl (C=O) groups is 19. The third-order valence-electron chi connectivity index (χ3n) is 22.9. The largest absolute Gasteiger partial charge is 0.463 e. The molecule has 51 nitrogen and oxygen atoms in total. The maximum absolute atomic E-state index is 14.9. The highest BCUT2D eigenvalue weighted by molar-refractivity contribution is 7.44. The van der Waals surface area contributed by atoms with Gasteiger partial charge in [0.1, 0.15) is 61.8 Å². The van der Waals surface area contributed by atoms with Crippen molar-refractivity contribution in [3.63, 3.8) is 0 Å². The number of ether oxygens (including phenoxy) is 18. The van der Waals surface area contributed by atoms with Crippen molar-refractivity contribution in [3.05, 3.63) is 0 Å². The summed E-state index contributed by atoms with van der Waals surface area (Å²) in [5, 5.41) is 28.0. The summed E-state index contributed by atoms with van der Waals surface area (Å²) in [4.78, 5) is 245. The number of nitrogens with zero attached hydrogens (tertiary/aromatic N) is 2. The molecule has 4 heterocycles. The highest BCUT2D eigenvalue weighted by Crippen LogP contribution is 2.49. The summed E-state index contributed by atoms with van der Waals surface area (Å²) in [7, 11) is -1.50. The molecular formula is C96H157N12O39P. The molecule has 840 valence electrons. The lowest BCUT2D eigenvalue weighted by atomic mass is 9.86. The van der Waals surface area contributed by atoms with Crippen molar-refractivity contribution < 1.29 is 185 Å². The molecule has 1 aliphatic carbocycles. The monoisotopic (exact) mass is 2130 g/mol. The molecule has 0 spiro atoms. The van der Waals surface area contributed by atoms with Crippen LogP contribution in [-0.2, 0) is 185 Å². The SMILES string of the molecule is CC(=O)NC1C(OCCCCC(=O)NCCCNC(=O)CCOCC(COCCC(=O)NCCCNC(=O)CCCCOC2OC(COC(C)=O)C(OC(C)=O)C(OC(C)=O)C2NC(C)=O)(COCCC(=O)NCCCNC(=O)CCCCOC2OC(COC(C)=O)C(OC(C)=O)C(OC(C)=O)C2NC(C)=O)NC(=O)C2CCC(OP(OCCC3C=N3)N(C(C)C)C(C)C)CC2)OC(COC(C)=O)C(OC(C)=O)C1OC(C)=O. The number of aliphatic imine (C=N–C) groups is 1. The molecule has 148 heavy (non-hydrogen) atoms. The Hall–Kier alpha value is -10.4. The van der Waals surface area contributed by atoms with E-state index in [0.29, 0.717) is 90.1 Å². The minimum absolute atomic E-state index is 0.0165. The van der Waals surface area contributed by atoms with Crippen molar-refractivity contribution in [3.8, 4) is 0 Å². The zero-order valence-corrected chi connectivity index (χ0v) is 88.9. The number of carbonyl (C=O) groups excluding carboxylic acids is 19. The maximum Gasteiger partial charge on any atom is 0.303 e. The van der Waals surface area contributed by atoms with E-state index in [2.05, 4.69) is 90.5 Å². The van der Waals surface area contributed by atoms with Gasteiger partial charge >= 0.3 is 53.7 Å². The van der Waals surface area contributed by atoms with E-state index in [-0.39, 0.29) is 185 Å². The van der Waals surface area contributed by atoms with Gasteiger partial charge < -0.3 is 147 Å². The third-order valence-corrected chi connectivity index (χ3v) is 25.1. The van der Waals surface area contributed by atoms with E-state index in [1.165, 1.54) is 20.8 Å². The van der Waals surface area contributed by atoms with E-state index in [4.69, 9.17) is 94.3 Å². The van der Waals surface area contributed by atoms with Gasteiger partial charge in [0.2, 0.25) is 59.1 Å². The summed E-state index contributed by atoms with van der Waals surface area (Å²) in [6, 6.07) is -3.21. The van der Waals surface area contributed by atoms with E-state index >= 15 is 0 Å². The molecule has 0 radical (unpaired) electrons. The van der Waals surface area contributed by atoms with Crippen molar-refractivity contribution in [2.75, 3.05) is 125 Å². The Morgan fingerprint density at radius 2 is 0.642 bits per heavy atom. The second-order valence-corrected chi connectivity index (χ2v) is 38.3. The van der Waals surface area contributed by atoms with Gasteiger partial charge in [-0.05, 0) is 118 Å². The molecule has 4 aliphatic heterocycles. The number of hydrogen-bond donors (Lipinski definition) is 10. The van der Waals surface area contributed by atoms with Crippen LogP contribution in [0.3, 0.4) is 0 Å². The zero-order valence-electron chi connectivity index (χ0n) is 88.0. The number of esters is 9. The van der Waals surface area contributed by atoms with Gasteiger partial charge in [0.05, 0.1) is 58.4 Å². The predicted octanol–water partition coefficient (Wildman–Crippen LogP) is 1.24. The molecule has 0 aromatic heterocycles. The van der Waals surface area contributed by atoms with E-state index < -0.39 is 221 Å². The maximum atomic E-state index is 14.9. The van der Waals surface area contributed by atoms with E-state index in [9.17, 15) is 91.1 Å². The average molecular weight is 2130 g/mol. The molecule has 17 unspecified atom stereocenters. The molecule has 5 aliphatic rings. The van der Waals surface area contributed by atoms with Crippen LogP contribution in [-0.4, -0.2) is 371 Å². The summed E-state index contributed by atoms with van der Waals surface area (Å²) in [5.74, 6) is -11.4. The molecule has 0 aromatic rings. The second-order valence-electron chi connectivity index (χ2n) is 36.9. The molecule has 0 bridgehead atoms. The smallest absolute Gasteiger partial charge is 0.303 e. The Bertz CT molecular complexity index is 3900. The summed E-state index contributed by atoms with van der Waals surface area (Å²) < 4.78 is 119. The minimum Gasteiger partial charge on any atom is -0.463 e. The number of rotatable bonds is 71. The normalized spacial score (nSPS) is 23.5. The van der Waals surface area contributed by atoms with Gasteiger partial charge in [-0.15, -0.1) is 0 Å². The van der Waals surface area contributed by atoms with Crippen LogP contribution in [0.25, 0.3) is 0 Å². The fourth-order valence-electron chi connectivity index (χ4n) is 16.3. The van der Waals surface area contributed by atoms with Crippen molar-refractivity contribution >= 4 is 128 Å². The van der Waals surface area contributed by atoms with E-state index in [1.54, 1.807) is 0 Å². The molecule has 3 saturated heterocycles. The van der Waals surface area contributed by atoms with Gasteiger partial charge in [-0.2, -0.15) is 0 Å². The van der Waals surface area contributed by atoms with Gasteiger partial charge in [-0.3, -0.25) is 96.1 Å². The number of hydrogen-bond acceptors (Lipinski definition) is 41. The molecule has 5 rings (SSSR count). The Balaban J connectivity index is 1.22. The van der Waals surface area contributed by atoms with Crippen LogP contribution < -0.4 is 53.2 Å². The number of amides is 10. The molecular weight excluding hydrogens is 1980 g/mol. The lowest BCUT2D eigenvalue weighted by molar-refractivity contribution is -0.277. The van der Waals surface area contributed by atoms with Gasteiger partial charge in [-0.25, -0.2) is 4.67 Å². The number of nitrogens with one attached hydrogen (secondary N) is 10. The van der Waals surface area contributed by atoms with Crippen LogP contribution in [0.1, 0.15) is 239 Å². The Labute approximate surface area is 864 Å². The first kappa shape index (κ1) is 128. The van der Waals surface area contributed by atoms with Gasteiger partial charge in [0.25, 0.3) is 8.53 Å². The molecule has 52 heteroatoms. The first-order valence-electron chi connectivity index (χ1n) is 50.5. The summed E-state index contributed by atoms with van der Waals surface area (Å²) in [5.41, 5.74) is -1.53. The van der Waals surface area contributed by atoms with Crippen LogP contribution >= 0.6 is 8.53 Å². The second kappa shape index (κ2) is 69.8. The predicted molar refractivity (Wildman–Crippen MR) is 519 cm³/mol. The summed E-state index contributed by atoms with van der Waals surface area (Å²) in [6.45, 7) is 20.8. The summed E-state index contributed by atoms with van der Waals surface area (Å²) >= 11 is 0. The highest BCUT2D eigenvalue weighted by atomic mass is 31.2. The molecule has 10 N–H and O–H groups in total. The molecule has 17 atom stereocenters. The van der Waals surface area contributed by atoms with Crippen LogP contribution in [0.5, 0.6) is 0 Å². The fraction of sp³-hybridized carbons (Fsp3) is 0.792. The molecule has 4 fully saturated rings. The molecule has 1 saturated carbocycles. The van der Waals surface area contributed by atoms with Crippen molar-refractivity contribution in [2.24, 2.45) is 10.9 Å². The molecule has 10 amide bonds. The first-order chi connectivity index (χ1) is 70.3. The average Bonchev–Trinajstić information content (AvgIpc) is 1.22. The van der Waals surface area contributed by atoms with Crippen LogP contribution in [0.15, 0.2) is 4.99 Å². The van der Waals surface area contributed by atoms with E-state index in [0.717, 1.165) is 68.7 Å². The standard InChI is InChI=1S/C96H157N12O39P/c1-57(2)108(58(3)4)148(137-49-33-72-50-103-72)147-73-31-29-71(30-32-73)92(127)107-96(54-128-46-34-80(124)100-40-23-37-97-77(121)26-17-20-43-131-93-83(104-59(5)109)89(141-68(14)118)86(138-65(11)115)74(144-93)51-134-62(8)112,55-129-47-35-81(125)101-41-24-38-98-78(122)27-18-21-44-132-94-84(105-60(6)110)90(142-69(15)119)87(139-66(12)116)75(145-94)52-135-63(9)113)56-130-48-36-82(126)102-42-25-39-99-79(123)28-19-22-45-133-95-85(106-61(7)111)91(143-70(16)120)88(140-67(13)117)76(146-95)53-136-64(10)114/h50,57-58,71-76,83-91,93-95H,17-49,51-56H2,1-16H3,(H,97,121)(H,98,122)(H,99,123)(H,100,124)(H,101,125)(H,102,126)(H,104,109)(H,105,110)(H,106,111)(H,107,127). The van der Waals surface area contributed by atoms with Crippen LogP contribution in [0, 0.1) is 5.92 Å². The highest BCUT2D eigenvalue weighted by Gasteiger charge is 2.55. The summed E-state index contributed by atoms with van der Waals surface area (Å²) in [6.07, 6.45) is -8.51. The first-order valence-corrected chi connectivity index (χ1v) is 51.6. The van der Waals surface area contributed by atoms with Crippen LogP contribution in [0.4, 0.5) is 0 Å². The van der Waals surface area contributed by atoms with E-state index in [1.807, 2.05) is 6.21 Å². The van der Waals surface area contributed by atoms with Gasteiger partial charge in [0, 0.05) is 205 Å². The van der Waals surface area contributed by atoms with Crippen molar-refractivity contribution in [2.45, 2.75) is 361 Å². The Kier molecular flexibility index (Phi) is 60.4. The molecule has 0 aromatic carbocycles. The van der Waals surface area contributed by atoms with Gasteiger partial charge in [-0.1, -0.05) is 0 Å². The minimum atomic E-state index is -1.53. The zero-order chi connectivity index (χ0) is 109. The number of unbranched alkanes of at least 4 members (excludes halogenated alkanes) is 3. The van der Waals surface area contributed by atoms with Gasteiger partial charge in [0.15, 0.2) is 55.5 Å². The lowest BCUT2D eigenvalue weighted by Crippen LogP contribution is -2.66. The quantitative estimate of drug-likeness (QED) is 0.0177.